The van der Waals surface area contributed by atoms with Crippen LogP contribution in [0, 0.1) is 5.82 Å². The van der Waals surface area contributed by atoms with Crippen molar-refractivity contribution in [2.45, 2.75) is 25.8 Å². The number of aryl methyl sites for hydroxylation is 1. The monoisotopic (exact) mass is 292 g/mol. The summed E-state index contributed by atoms with van der Waals surface area (Å²) in [6.07, 6.45) is 3.55. The van der Waals surface area contributed by atoms with Crippen LogP contribution in [0.5, 0.6) is 5.75 Å². The van der Waals surface area contributed by atoms with Crippen molar-refractivity contribution in [3.05, 3.63) is 41.5 Å². The third-order valence-electron chi connectivity index (χ3n) is 3.28. The van der Waals surface area contributed by atoms with Gasteiger partial charge in [0.05, 0.1) is 12.8 Å². The highest BCUT2D eigenvalue weighted by molar-refractivity contribution is 5.31. The van der Waals surface area contributed by atoms with Crippen molar-refractivity contribution >= 4 is 0 Å². The number of hydrogen-bond acceptors (Lipinski definition) is 4. The number of nitrogens with one attached hydrogen (secondary N) is 1. The van der Waals surface area contributed by atoms with E-state index in [0.29, 0.717) is 6.42 Å². The summed E-state index contributed by atoms with van der Waals surface area (Å²) in [5, 5.41) is 11.5. The summed E-state index contributed by atoms with van der Waals surface area (Å²) in [4.78, 5) is 0. The molecule has 1 unspecified atom stereocenters. The first kappa shape index (κ1) is 15.4. The van der Waals surface area contributed by atoms with Crippen LogP contribution in [-0.2, 0) is 13.5 Å². The number of rotatable bonds is 7. The van der Waals surface area contributed by atoms with Crippen LogP contribution >= 0.6 is 0 Å². The smallest absolute Gasteiger partial charge is 0.165 e. The van der Waals surface area contributed by atoms with Gasteiger partial charge in [0.25, 0.3) is 0 Å². The molecule has 1 heterocycles. The molecule has 0 amide bonds. The van der Waals surface area contributed by atoms with Crippen LogP contribution in [0.2, 0.25) is 0 Å². The lowest BCUT2D eigenvalue weighted by Crippen LogP contribution is -2.24. The highest BCUT2D eigenvalue weighted by atomic mass is 19.1. The maximum atomic E-state index is 13.9. The molecule has 1 atom stereocenters. The Morgan fingerprint density at radius 1 is 1.43 bits per heavy atom. The predicted octanol–water partition coefficient (Wildman–Crippen LogP) is 2.25. The summed E-state index contributed by atoms with van der Waals surface area (Å²) in [7, 11) is 3.29. The average Bonchev–Trinajstić information content (AvgIpc) is 2.88. The zero-order chi connectivity index (χ0) is 15.2. The second-order valence-corrected chi connectivity index (χ2v) is 4.99. The van der Waals surface area contributed by atoms with Gasteiger partial charge >= 0.3 is 0 Å². The van der Waals surface area contributed by atoms with Gasteiger partial charge in [0.15, 0.2) is 11.6 Å². The lowest BCUT2D eigenvalue weighted by Gasteiger charge is -2.18. The average molecular weight is 292 g/mol. The van der Waals surface area contributed by atoms with E-state index in [4.69, 9.17) is 4.74 Å². The van der Waals surface area contributed by atoms with E-state index in [0.717, 1.165) is 24.2 Å². The Kier molecular flexibility index (Phi) is 5.27. The Morgan fingerprint density at radius 3 is 2.81 bits per heavy atom. The molecule has 2 rings (SSSR count). The molecule has 0 bridgehead atoms. The minimum Gasteiger partial charge on any atom is -0.494 e. The number of hydrogen-bond donors (Lipinski definition) is 1. The molecule has 0 aliphatic carbocycles. The lowest BCUT2D eigenvalue weighted by molar-refractivity contribution is 0.385. The largest absolute Gasteiger partial charge is 0.494 e. The molecule has 0 aliphatic rings. The van der Waals surface area contributed by atoms with Gasteiger partial charge in [0, 0.05) is 25.7 Å². The highest BCUT2D eigenvalue weighted by Gasteiger charge is 2.15. The molecule has 0 fully saturated rings. The van der Waals surface area contributed by atoms with E-state index in [2.05, 4.69) is 22.6 Å². The molecular weight excluding hydrogens is 271 g/mol. The van der Waals surface area contributed by atoms with E-state index < -0.39 is 0 Å². The molecule has 0 saturated carbocycles. The van der Waals surface area contributed by atoms with Crippen molar-refractivity contribution in [3.8, 4) is 5.75 Å². The third-order valence-corrected chi connectivity index (χ3v) is 3.28. The van der Waals surface area contributed by atoms with Gasteiger partial charge in [-0.25, -0.2) is 4.39 Å². The number of halogens is 1. The fourth-order valence-corrected chi connectivity index (χ4v) is 2.22. The Balaban J connectivity index is 2.20. The number of benzene rings is 1. The number of aromatic nitrogens is 3. The number of ether oxygens (including phenoxy) is 1. The molecule has 6 heteroatoms. The molecule has 0 saturated heterocycles. The van der Waals surface area contributed by atoms with Crippen LogP contribution in [0.15, 0.2) is 24.4 Å². The number of nitrogens with zero attached hydrogens (tertiary/aromatic N) is 3. The maximum absolute atomic E-state index is 13.9. The lowest BCUT2D eigenvalue weighted by atomic mass is 10.0. The topological polar surface area (TPSA) is 52.0 Å². The molecule has 1 N–H and O–H groups in total. The van der Waals surface area contributed by atoms with Crippen molar-refractivity contribution in [1.29, 1.82) is 0 Å². The van der Waals surface area contributed by atoms with Gasteiger partial charge < -0.3 is 10.1 Å². The van der Waals surface area contributed by atoms with Crippen LogP contribution in [0.25, 0.3) is 0 Å². The van der Waals surface area contributed by atoms with Gasteiger partial charge in [0.2, 0.25) is 0 Å². The van der Waals surface area contributed by atoms with Gasteiger partial charge in [-0.15, -0.1) is 5.10 Å². The number of methoxy groups -OCH3 is 1. The van der Waals surface area contributed by atoms with Crippen molar-refractivity contribution in [3.63, 3.8) is 0 Å². The quantitative estimate of drug-likeness (QED) is 0.850. The van der Waals surface area contributed by atoms with Crippen LogP contribution < -0.4 is 10.1 Å². The summed E-state index contributed by atoms with van der Waals surface area (Å²) < 4.78 is 20.5. The predicted molar refractivity (Wildman–Crippen MR) is 78.7 cm³/mol. The molecule has 114 valence electrons. The molecule has 21 heavy (non-hydrogen) atoms. The second kappa shape index (κ2) is 7.17. The third kappa shape index (κ3) is 4.01. The van der Waals surface area contributed by atoms with Gasteiger partial charge in [0.1, 0.15) is 0 Å². The van der Waals surface area contributed by atoms with E-state index in [1.807, 2.05) is 19.3 Å². The maximum Gasteiger partial charge on any atom is 0.165 e. The van der Waals surface area contributed by atoms with Crippen LogP contribution in [-0.4, -0.2) is 28.6 Å². The summed E-state index contributed by atoms with van der Waals surface area (Å²) >= 11 is 0. The zero-order valence-electron chi connectivity index (χ0n) is 12.6. The van der Waals surface area contributed by atoms with Crippen molar-refractivity contribution in [2.24, 2.45) is 7.05 Å². The molecule has 1 aromatic carbocycles. The molecular formula is C15H21FN4O. The summed E-state index contributed by atoms with van der Waals surface area (Å²) in [6.45, 7) is 2.96. The minimum absolute atomic E-state index is 0.00190. The van der Waals surface area contributed by atoms with Crippen molar-refractivity contribution in [1.82, 2.24) is 20.3 Å². The fraction of sp³-hybridized carbons (Fsp3) is 0.467. The van der Waals surface area contributed by atoms with Crippen LogP contribution in [0.1, 0.15) is 30.6 Å². The highest BCUT2D eigenvalue weighted by Crippen LogP contribution is 2.23. The van der Waals surface area contributed by atoms with Crippen LogP contribution in [0.3, 0.4) is 0 Å². The first-order chi connectivity index (χ1) is 10.1. The molecule has 0 radical (unpaired) electrons. The fourth-order valence-electron chi connectivity index (χ4n) is 2.22. The van der Waals surface area contributed by atoms with E-state index >= 15 is 0 Å². The van der Waals surface area contributed by atoms with E-state index in [1.54, 1.807) is 10.7 Å². The van der Waals surface area contributed by atoms with Gasteiger partial charge in [-0.05, 0) is 30.7 Å². The molecule has 0 aliphatic heterocycles. The normalized spacial score (nSPS) is 12.4. The van der Waals surface area contributed by atoms with Gasteiger partial charge in [-0.3, -0.25) is 4.68 Å². The molecule has 1 aromatic heterocycles. The van der Waals surface area contributed by atoms with E-state index in [9.17, 15) is 4.39 Å². The van der Waals surface area contributed by atoms with E-state index in [1.165, 1.54) is 13.2 Å². The Labute approximate surface area is 124 Å². The first-order valence-corrected chi connectivity index (χ1v) is 7.06. The Bertz CT molecular complexity index is 585. The first-order valence-electron chi connectivity index (χ1n) is 7.06. The molecule has 2 aromatic rings. The van der Waals surface area contributed by atoms with E-state index in [-0.39, 0.29) is 17.6 Å². The Morgan fingerprint density at radius 2 is 2.24 bits per heavy atom. The van der Waals surface area contributed by atoms with Crippen LogP contribution in [0.4, 0.5) is 4.39 Å². The van der Waals surface area contributed by atoms with Crippen molar-refractivity contribution < 1.29 is 9.13 Å². The standard InChI is InChI=1S/C15H21FN4O/c1-4-7-17-14(9-12-10-20(2)19-18-12)11-5-6-15(21-3)13(16)8-11/h5-6,8,10,14,17H,4,7,9H2,1-3H3. The minimum atomic E-state index is -0.350. The Hall–Kier alpha value is -1.95. The van der Waals surface area contributed by atoms with Crippen molar-refractivity contribution in [2.75, 3.05) is 13.7 Å². The SMILES string of the molecule is CCCNC(Cc1cn(C)nn1)c1ccc(OC)c(F)c1. The second-order valence-electron chi connectivity index (χ2n) is 4.99. The molecule has 5 nitrogen and oxygen atoms in total. The van der Waals surface area contributed by atoms with Gasteiger partial charge in [-0.2, -0.15) is 0 Å². The molecule has 0 spiro atoms. The van der Waals surface area contributed by atoms with Gasteiger partial charge in [-0.1, -0.05) is 18.2 Å². The summed E-state index contributed by atoms with van der Waals surface area (Å²) in [5.74, 6) is -0.0926. The summed E-state index contributed by atoms with van der Waals surface area (Å²) in [6, 6.07) is 5.05. The zero-order valence-corrected chi connectivity index (χ0v) is 12.6. The summed E-state index contributed by atoms with van der Waals surface area (Å²) in [5.41, 5.74) is 1.76.